The van der Waals surface area contributed by atoms with Gasteiger partial charge in [-0.1, -0.05) is 12.1 Å². The summed E-state index contributed by atoms with van der Waals surface area (Å²) < 4.78 is 0. The van der Waals surface area contributed by atoms with Gasteiger partial charge >= 0.3 is 0 Å². The first-order valence-electron chi connectivity index (χ1n) is 5.04. The molecule has 17 heavy (non-hydrogen) atoms. The lowest BCUT2D eigenvalue weighted by Gasteiger charge is -2.07. The monoisotopic (exact) mass is 229 g/mol. The van der Waals surface area contributed by atoms with Gasteiger partial charge in [0.25, 0.3) is 5.91 Å². The van der Waals surface area contributed by atoms with Crippen molar-refractivity contribution in [1.29, 1.82) is 0 Å². The fourth-order valence-corrected chi connectivity index (χ4v) is 1.39. The summed E-state index contributed by atoms with van der Waals surface area (Å²) in [5.74, 6) is -0.0843. The summed E-state index contributed by atoms with van der Waals surface area (Å²) in [6, 6.07) is 4.99. The van der Waals surface area contributed by atoms with Crippen molar-refractivity contribution in [2.45, 2.75) is 6.92 Å². The van der Waals surface area contributed by atoms with Crippen LogP contribution in [0.1, 0.15) is 15.9 Å². The van der Waals surface area contributed by atoms with Crippen molar-refractivity contribution in [3.63, 3.8) is 0 Å². The fraction of sp³-hybridized carbons (Fsp3) is 0.0833. The van der Waals surface area contributed by atoms with Crippen LogP contribution in [-0.4, -0.2) is 21.0 Å². The number of benzene rings is 1. The van der Waals surface area contributed by atoms with Gasteiger partial charge in [0.2, 0.25) is 0 Å². The number of aromatic hydroxyl groups is 1. The number of aryl methyl sites for hydroxylation is 1. The number of nitrogens with zero attached hydrogens (tertiary/aromatic N) is 2. The van der Waals surface area contributed by atoms with Crippen LogP contribution < -0.4 is 5.32 Å². The molecular weight excluding hydrogens is 218 g/mol. The van der Waals surface area contributed by atoms with Gasteiger partial charge in [-0.3, -0.25) is 9.78 Å². The summed E-state index contributed by atoms with van der Waals surface area (Å²) in [6.07, 6.45) is 4.43. The molecule has 1 heterocycles. The lowest BCUT2D eigenvalue weighted by Crippen LogP contribution is -2.13. The molecule has 2 aromatic rings. The highest BCUT2D eigenvalue weighted by atomic mass is 16.3. The van der Waals surface area contributed by atoms with Gasteiger partial charge in [0.15, 0.2) is 5.82 Å². The Morgan fingerprint density at radius 1 is 1.35 bits per heavy atom. The molecule has 2 N–H and O–H groups in total. The molecule has 1 amide bonds. The average molecular weight is 229 g/mol. The molecule has 1 aromatic carbocycles. The number of anilines is 1. The Morgan fingerprint density at radius 3 is 2.88 bits per heavy atom. The van der Waals surface area contributed by atoms with E-state index in [1.165, 1.54) is 18.6 Å². The first-order chi connectivity index (χ1) is 8.18. The van der Waals surface area contributed by atoms with Gasteiger partial charge in [-0.05, 0) is 18.6 Å². The van der Waals surface area contributed by atoms with E-state index in [4.69, 9.17) is 0 Å². The second-order valence-electron chi connectivity index (χ2n) is 3.52. The number of amides is 1. The van der Waals surface area contributed by atoms with Crippen LogP contribution >= 0.6 is 0 Å². The van der Waals surface area contributed by atoms with Crippen molar-refractivity contribution in [1.82, 2.24) is 9.97 Å². The third-order valence-electron chi connectivity index (χ3n) is 2.29. The van der Waals surface area contributed by atoms with Crippen molar-refractivity contribution in [3.05, 3.63) is 47.9 Å². The van der Waals surface area contributed by atoms with Gasteiger partial charge in [-0.2, -0.15) is 0 Å². The number of para-hydroxylation sites is 1. The molecule has 0 bridgehead atoms. The number of nitrogens with one attached hydrogen (secondary N) is 1. The SMILES string of the molecule is Cc1cccc(C(=O)Nc2cnccn2)c1O. The second-order valence-corrected chi connectivity index (χ2v) is 3.52. The third-order valence-corrected chi connectivity index (χ3v) is 2.29. The molecule has 5 heteroatoms. The number of rotatable bonds is 2. The third kappa shape index (κ3) is 2.39. The van der Waals surface area contributed by atoms with Gasteiger partial charge in [0.1, 0.15) is 5.75 Å². The topological polar surface area (TPSA) is 75.1 Å². The van der Waals surface area contributed by atoms with Crippen molar-refractivity contribution in [2.75, 3.05) is 5.32 Å². The van der Waals surface area contributed by atoms with E-state index in [9.17, 15) is 9.90 Å². The lowest BCUT2D eigenvalue weighted by molar-refractivity contribution is 0.102. The van der Waals surface area contributed by atoms with E-state index in [2.05, 4.69) is 15.3 Å². The van der Waals surface area contributed by atoms with E-state index < -0.39 is 5.91 Å². The van der Waals surface area contributed by atoms with Gasteiger partial charge < -0.3 is 10.4 Å². The van der Waals surface area contributed by atoms with Crippen LogP contribution in [0.25, 0.3) is 0 Å². The highest BCUT2D eigenvalue weighted by molar-refractivity contribution is 6.05. The van der Waals surface area contributed by atoms with E-state index in [1.807, 2.05) is 0 Å². The smallest absolute Gasteiger partial charge is 0.260 e. The van der Waals surface area contributed by atoms with Gasteiger partial charge in [-0.25, -0.2) is 4.98 Å². The summed E-state index contributed by atoms with van der Waals surface area (Å²) in [5, 5.41) is 12.3. The zero-order valence-corrected chi connectivity index (χ0v) is 9.21. The molecule has 5 nitrogen and oxygen atoms in total. The molecule has 0 unspecified atom stereocenters. The molecule has 0 aliphatic heterocycles. The first kappa shape index (κ1) is 11.1. The zero-order valence-electron chi connectivity index (χ0n) is 9.21. The summed E-state index contributed by atoms with van der Waals surface area (Å²) in [7, 11) is 0. The van der Waals surface area contributed by atoms with Crippen molar-refractivity contribution < 1.29 is 9.90 Å². The molecule has 0 aliphatic rings. The van der Waals surface area contributed by atoms with Gasteiger partial charge in [-0.15, -0.1) is 0 Å². The molecule has 0 atom stereocenters. The average Bonchev–Trinajstić information content (AvgIpc) is 2.34. The fourth-order valence-electron chi connectivity index (χ4n) is 1.39. The van der Waals surface area contributed by atoms with E-state index in [1.54, 1.807) is 25.1 Å². The van der Waals surface area contributed by atoms with Gasteiger partial charge in [0, 0.05) is 12.4 Å². The molecule has 1 aromatic heterocycles. The number of phenolic OH excluding ortho intramolecular Hbond substituents is 1. The van der Waals surface area contributed by atoms with Crippen LogP contribution in [0.15, 0.2) is 36.8 Å². The highest BCUT2D eigenvalue weighted by Crippen LogP contribution is 2.21. The standard InChI is InChI=1S/C12H11N3O2/c1-8-3-2-4-9(11(8)16)12(17)15-10-7-13-5-6-14-10/h2-7,16H,1H3,(H,14,15,17). The van der Waals surface area contributed by atoms with Crippen molar-refractivity contribution in [2.24, 2.45) is 0 Å². The number of phenols is 1. The minimum atomic E-state index is -0.410. The molecule has 0 spiro atoms. The van der Waals surface area contributed by atoms with Gasteiger partial charge in [0.05, 0.1) is 11.8 Å². The Balaban J connectivity index is 2.24. The number of hydrogen-bond donors (Lipinski definition) is 2. The summed E-state index contributed by atoms with van der Waals surface area (Å²) in [4.78, 5) is 19.6. The second kappa shape index (κ2) is 4.61. The Bertz CT molecular complexity index is 541. The zero-order chi connectivity index (χ0) is 12.3. The molecule has 0 radical (unpaired) electrons. The lowest BCUT2D eigenvalue weighted by atomic mass is 10.1. The molecule has 0 saturated heterocycles. The Kier molecular flexibility index (Phi) is 3.00. The summed E-state index contributed by atoms with van der Waals surface area (Å²) in [5.41, 5.74) is 0.868. The molecule has 2 rings (SSSR count). The van der Waals surface area contributed by atoms with E-state index in [0.717, 1.165) is 0 Å². The molecule has 0 aliphatic carbocycles. The molecule has 0 saturated carbocycles. The Morgan fingerprint density at radius 2 is 2.18 bits per heavy atom. The first-order valence-corrected chi connectivity index (χ1v) is 5.04. The maximum absolute atomic E-state index is 11.8. The normalized spacial score (nSPS) is 9.94. The van der Waals surface area contributed by atoms with Crippen LogP contribution in [0, 0.1) is 6.92 Å². The summed E-state index contributed by atoms with van der Waals surface area (Å²) >= 11 is 0. The minimum absolute atomic E-state index is 0.0195. The van der Waals surface area contributed by atoms with Crippen molar-refractivity contribution in [3.8, 4) is 5.75 Å². The largest absolute Gasteiger partial charge is 0.507 e. The number of aromatic nitrogens is 2. The molecular formula is C12H11N3O2. The Labute approximate surface area is 98.2 Å². The quantitative estimate of drug-likeness (QED) is 0.822. The summed E-state index contributed by atoms with van der Waals surface area (Å²) in [6.45, 7) is 1.73. The number of carbonyl (C=O) groups is 1. The highest BCUT2D eigenvalue weighted by Gasteiger charge is 2.12. The number of carbonyl (C=O) groups excluding carboxylic acids is 1. The van der Waals surface area contributed by atoms with E-state index in [-0.39, 0.29) is 11.3 Å². The minimum Gasteiger partial charge on any atom is -0.507 e. The van der Waals surface area contributed by atoms with E-state index >= 15 is 0 Å². The molecule has 86 valence electrons. The van der Waals surface area contributed by atoms with Crippen LogP contribution in [0.2, 0.25) is 0 Å². The van der Waals surface area contributed by atoms with Crippen LogP contribution in [0.5, 0.6) is 5.75 Å². The number of hydrogen-bond acceptors (Lipinski definition) is 4. The van der Waals surface area contributed by atoms with Crippen LogP contribution in [-0.2, 0) is 0 Å². The van der Waals surface area contributed by atoms with Crippen LogP contribution in [0.3, 0.4) is 0 Å². The van der Waals surface area contributed by atoms with Crippen LogP contribution in [0.4, 0.5) is 5.82 Å². The predicted octanol–water partition coefficient (Wildman–Crippen LogP) is 1.74. The van der Waals surface area contributed by atoms with E-state index in [0.29, 0.717) is 11.4 Å². The molecule has 0 fully saturated rings. The Hall–Kier alpha value is -2.43. The maximum Gasteiger partial charge on any atom is 0.260 e. The maximum atomic E-state index is 11.8. The predicted molar refractivity (Wildman–Crippen MR) is 62.8 cm³/mol. The van der Waals surface area contributed by atoms with Crippen molar-refractivity contribution >= 4 is 11.7 Å².